The van der Waals surface area contributed by atoms with Crippen LogP contribution < -0.4 is 28.7 Å². The van der Waals surface area contributed by atoms with Crippen LogP contribution in [0.3, 0.4) is 0 Å². The zero-order valence-electron chi connectivity index (χ0n) is 20.8. The molecule has 3 aromatic carbocycles. The number of anilines is 2. The van der Waals surface area contributed by atoms with E-state index in [1.807, 2.05) is 43.3 Å². The van der Waals surface area contributed by atoms with Gasteiger partial charge in [-0.25, -0.2) is 0 Å². The van der Waals surface area contributed by atoms with Crippen molar-refractivity contribution in [2.45, 2.75) is 6.04 Å². The lowest BCUT2D eigenvalue weighted by Gasteiger charge is -2.26. The standard InChI is InChI=1S/C28H26N2O7/c1-29(2)18-8-5-16(6-9-18)25-24(26(31)17-7-11-20(34-3)22(13-17)35-4)27(32)28(33)30(25)19-10-12-21-23(14-19)37-15-36-21/h5-14,25,31H,15H2,1-4H3/b26-24+. The van der Waals surface area contributed by atoms with E-state index in [0.29, 0.717) is 39.8 Å². The topological polar surface area (TPSA) is 97.8 Å². The molecule has 9 heteroatoms. The van der Waals surface area contributed by atoms with Gasteiger partial charge in [0.25, 0.3) is 11.7 Å². The maximum absolute atomic E-state index is 13.4. The average molecular weight is 503 g/mol. The molecule has 0 spiro atoms. The number of carbonyl (C=O) groups excluding carboxylic acids is 2. The Morgan fingerprint density at radius 3 is 2.30 bits per heavy atom. The van der Waals surface area contributed by atoms with Crippen LogP contribution in [0.2, 0.25) is 0 Å². The van der Waals surface area contributed by atoms with Crippen LogP contribution in [0.5, 0.6) is 23.0 Å². The summed E-state index contributed by atoms with van der Waals surface area (Å²) in [4.78, 5) is 30.2. The molecule has 0 aliphatic carbocycles. The fourth-order valence-electron chi connectivity index (χ4n) is 4.54. The van der Waals surface area contributed by atoms with Gasteiger partial charge in [-0.3, -0.25) is 14.5 Å². The van der Waals surface area contributed by atoms with Crippen LogP contribution in [0.15, 0.2) is 66.2 Å². The van der Waals surface area contributed by atoms with Crippen molar-refractivity contribution in [3.05, 3.63) is 77.4 Å². The van der Waals surface area contributed by atoms with Crippen molar-refractivity contribution in [1.82, 2.24) is 0 Å². The first-order valence-corrected chi connectivity index (χ1v) is 11.5. The molecular weight excluding hydrogens is 476 g/mol. The summed E-state index contributed by atoms with van der Waals surface area (Å²) in [6, 6.07) is 16.4. The van der Waals surface area contributed by atoms with Gasteiger partial charge in [-0.2, -0.15) is 0 Å². The van der Waals surface area contributed by atoms with Gasteiger partial charge in [0.15, 0.2) is 23.0 Å². The number of fused-ring (bicyclic) bond motifs is 1. The SMILES string of the molecule is COc1ccc(/C(O)=C2\C(=O)C(=O)N(c3ccc4c(c3)OCO4)C2c2ccc(N(C)C)cc2)cc1OC. The fourth-order valence-corrected chi connectivity index (χ4v) is 4.54. The van der Waals surface area contributed by atoms with Crippen molar-refractivity contribution in [1.29, 1.82) is 0 Å². The van der Waals surface area contributed by atoms with Gasteiger partial charge in [-0.15, -0.1) is 0 Å². The maximum atomic E-state index is 13.4. The lowest BCUT2D eigenvalue weighted by molar-refractivity contribution is -0.132. The normalized spacial score (nSPS) is 17.7. The van der Waals surface area contributed by atoms with E-state index in [1.54, 1.807) is 36.4 Å². The van der Waals surface area contributed by atoms with E-state index in [9.17, 15) is 14.7 Å². The van der Waals surface area contributed by atoms with Gasteiger partial charge >= 0.3 is 0 Å². The number of nitrogens with zero attached hydrogens (tertiary/aromatic N) is 2. The Kier molecular flexibility index (Phi) is 6.12. The van der Waals surface area contributed by atoms with Crippen LogP contribution in [0.4, 0.5) is 11.4 Å². The second kappa shape index (κ2) is 9.42. The summed E-state index contributed by atoms with van der Waals surface area (Å²) in [5.74, 6) is -0.00360. The minimum Gasteiger partial charge on any atom is -0.507 e. The molecule has 0 saturated carbocycles. The third-order valence-electron chi connectivity index (χ3n) is 6.46. The van der Waals surface area contributed by atoms with Crippen LogP contribution in [-0.4, -0.2) is 51.9 Å². The molecule has 1 atom stereocenters. The summed E-state index contributed by atoms with van der Waals surface area (Å²) in [5, 5.41) is 11.4. The van der Waals surface area contributed by atoms with Crippen LogP contribution >= 0.6 is 0 Å². The number of Topliss-reactive ketones (excluding diaryl/α,β-unsaturated/α-hetero) is 1. The van der Waals surface area contributed by atoms with Crippen LogP contribution in [0.1, 0.15) is 17.2 Å². The molecule has 0 aromatic heterocycles. The second-order valence-corrected chi connectivity index (χ2v) is 8.76. The molecule has 1 N–H and O–H groups in total. The summed E-state index contributed by atoms with van der Waals surface area (Å²) in [5.41, 5.74) is 2.33. The van der Waals surface area contributed by atoms with E-state index in [1.165, 1.54) is 19.1 Å². The molecule has 0 bridgehead atoms. The largest absolute Gasteiger partial charge is 0.507 e. The zero-order chi connectivity index (χ0) is 26.3. The van der Waals surface area contributed by atoms with Crippen molar-refractivity contribution in [3.63, 3.8) is 0 Å². The number of benzene rings is 3. The second-order valence-electron chi connectivity index (χ2n) is 8.76. The predicted octanol–water partition coefficient (Wildman–Crippen LogP) is 4.12. The van der Waals surface area contributed by atoms with Gasteiger partial charge in [-0.05, 0) is 48.0 Å². The number of ether oxygens (including phenoxy) is 4. The number of aliphatic hydroxyl groups is 1. The molecule has 2 heterocycles. The number of hydrogen-bond acceptors (Lipinski definition) is 8. The van der Waals surface area contributed by atoms with Crippen LogP contribution in [-0.2, 0) is 9.59 Å². The Bertz CT molecular complexity index is 1410. The maximum Gasteiger partial charge on any atom is 0.300 e. The first kappa shape index (κ1) is 24.1. The van der Waals surface area contributed by atoms with Gasteiger partial charge in [0.05, 0.1) is 25.8 Å². The van der Waals surface area contributed by atoms with Gasteiger partial charge < -0.3 is 29.0 Å². The quantitative estimate of drug-likeness (QED) is 0.305. The predicted molar refractivity (Wildman–Crippen MR) is 138 cm³/mol. The van der Waals surface area contributed by atoms with E-state index in [2.05, 4.69) is 0 Å². The molecule has 1 saturated heterocycles. The molecule has 0 radical (unpaired) electrons. The molecule has 190 valence electrons. The third kappa shape index (κ3) is 4.08. The van der Waals surface area contributed by atoms with Crippen molar-refractivity contribution in [2.75, 3.05) is 44.9 Å². The number of rotatable bonds is 6. The Balaban J connectivity index is 1.69. The van der Waals surface area contributed by atoms with Crippen molar-refractivity contribution in [2.24, 2.45) is 0 Å². The summed E-state index contributed by atoms with van der Waals surface area (Å²) in [7, 11) is 6.83. The van der Waals surface area contributed by atoms with Gasteiger partial charge in [0.1, 0.15) is 5.76 Å². The molecule has 37 heavy (non-hydrogen) atoms. The third-order valence-corrected chi connectivity index (χ3v) is 6.46. The highest BCUT2D eigenvalue weighted by molar-refractivity contribution is 6.51. The molecule has 1 amide bonds. The zero-order valence-corrected chi connectivity index (χ0v) is 20.8. The Hall–Kier alpha value is -4.66. The number of carbonyl (C=O) groups is 2. The van der Waals surface area contributed by atoms with Crippen molar-refractivity contribution < 1.29 is 33.6 Å². The minimum atomic E-state index is -0.885. The molecular formula is C28H26N2O7. The lowest BCUT2D eigenvalue weighted by Crippen LogP contribution is -2.29. The van der Waals surface area contributed by atoms with Crippen molar-refractivity contribution in [3.8, 4) is 23.0 Å². The summed E-state index contributed by atoms with van der Waals surface area (Å²) in [6.07, 6.45) is 0. The lowest BCUT2D eigenvalue weighted by atomic mass is 9.94. The number of aliphatic hydroxyl groups excluding tert-OH is 1. The molecule has 3 aromatic rings. The Morgan fingerprint density at radius 2 is 1.62 bits per heavy atom. The number of methoxy groups -OCH3 is 2. The van der Waals surface area contributed by atoms with Crippen LogP contribution in [0.25, 0.3) is 5.76 Å². The minimum absolute atomic E-state index is 0.0347. The molecule has 1 unspecified atom stereocenters. The highest BCUT2D eigenvalue weighted by Gasteiger charge is 2.47. The monoisotopic (exact) mass is 502 g/mol. The average Bonchev–Trinajstić information content (AvgIpc) is 3.49. The van der Waals surface area contributed by atoms with E-state index in [0.717, 1.165) is 5.69 Å². The smallest absolute Gasteiger partial charge is 0.300 e. The Morgan fingerprint density at radius 1 is 0.919 bits per heavy atom. The van der Waals surface area contributed by atoms with E-state index in [4.69, 9.17) is 18.9 Å². The molecule has 2 aliphatic heterocycles. The molecule has 5 rings (SSSR count). The molecule has 1 fully saturated rings. The summed E-state index contributed by atoms with van der Waals surface area (Å²) in [6.45, 7) is 0.0757. The van der Waals surface area contributed by atoms with Gasteiger partial charge in [-0.1, -0.05) is 12.1 Å². The number of ketones is 1. The first-order valence-electron chi connectivity index (χ1n) is 11.5. The molecule has 9 nitrogen and oxygen atoms in total. The summed E-state index contributed by atoms with van der Waals surface area (Å²) < 4.78 is 21.6. The van der Waals surface area contributed by atoms with Crippen LogP contribution in [0, 0.1) is 0 Å². The molecule has 2 aliphatic rings. The highest BCUT2D eigenvalue weighted by atomic mass is 16.7. The van der Waals surface area contributed by atoms with Gasteiger partial charge in [0.2, 0.25) is 6.79 Å². The summed E-state index contributed by atoms with van der Waals surface area (Å²) >= 11 is 0. The first-order chi connectivity index (χ1) is 17.8. The highest BCUT2D eigenvalue weighted by Crippen LogP contribution is 2.45. The number of amides is 1. The van der Waals surface area contributed by atoms with E-state index >= 15 is 0 Å². The van der Waals surface area contributed by atoms with Gasteiger partial charge in [0, 0.05) is 37.1 Å². The van der Waals surface area contributed by atoms with E-state index < -0.39 is 17.7 Å². The van der Waals surface area contributed by atoms with Crippen molar-refractivity contribution >= 4 is 28.8 Å². The number of hydrogen-bond donors (Lipinski definition) is 1. The Labute approximate surface area is 214 Å². The van der Waals surface area contributed by atoms with E-state index in [-0.39, 0.29) is 18.1 Å². The fraction of sp³-hybridized carbons (Fsp3) is 0.214.